The van der Waals surface area contributed by atoms with Crippen molar-refractivity contribution in [2.24, 2.45) is 0 Å². The molecule has 88 valence electrons. The Morgan fingerprint density at radius 1 is 1.25 bits per heavy atom. The number of pyridine rings is 1. The van der Waals surface area contributed by atoms with Gasteiger partial charge in [0.2, 0.25) is 0 Å². The van der Waals surface area contributed by atoms with Crippen molar-refractivity contribution in [1.29, 1.82) is 0 Å². The average Bonchev–Trinajstić information content (AvgIpc) is 2.39. The Morgan fingerprint density at radius 2 is 2.00 bits per heavy atom. The van der Waals surface area contributed by atoms with Crippen molar-refractivity contribution in [2.45, 2.75) is 6.92 Å². The molecule has 1 aromatic heterocycles. The van der Waals surface area contributed by atoms with Crippen LogP contribution in [0.2, 0.25) is 0 Å². The molecule has 0 atom stereocenters. The summed E-state index contributed by atoms with van der Waals surface area (Å²) in [4.78, 5) is 9.01. The van der Waals surface area contributed by atoms with Crippen molar-refractivity contribution in [3.63, 3.8) is 0 Å². The Hall–Kier alpha value is -1.29. The fourth-order valence-corrected chi connectivity index (χ4v) is 2.01. The van der Waals surface area contributed by atoms with Gasteiger partial charge in [0.1, 0.15) is 5.75 Å². The molecule has 0 radical (unpaired) electrons. The van der Waals surface area contributed by atoms with Crippen molar-refractivity contribution in [2.75, 3.05) is 44.7 Å². The molecule has 4 nitrogen and oxygen atoms in total. The van der Waals surface area contributed by atoms with Gasteiger partial charge in [0.05, 0.1) is 25.2 Å². The van der Waals surface area contributed by atoms with Crippen LogP contribution in [0.25, 0.3) is 0 Å². The van der Waals surface area contributed by atoms with Gasteiger partial charge < -0.3 is 14.5 Å². The quantitative estimate of drug-likeness (QED) is 0.767. The summed E-state index contributed by atoms with van der Waals surface area (Å²) in [6.45, 7) is 7.76. The van der Waals surface area contributed by atoms with Crippen molar-refractivity contribution >= 4 is 5.69 Å². The predicted molar refractivity (Wildman–Crippen MR) is 65.1 cm³/mol. The molecule has 1 aliphatic rings. The van der Waals surface area contributed by atoms with E-state index in [1.54, 1.807) is 13.3 Å². The highest BCUT2D eigenvalue weighted by Crippen LogP contribution is 2.20. The van der Waals surface area contributed by atoms with E-state index in [1.165, 1.54) is 0 Å². The second-order valence-corrected chi connectivity index (χ2v) is 4.00. The highest BCUT2D eigenvalue weighted by atomic mass is 16.5. The van der Waals surface area contributed by atoms with Crippen LogP contribution in [0.4, 0.5) is 5.69 Å². The SMILES string of the molecule is CCN1CCN(c2cncc(OC)c2)CC1. The first-order valence-corrected chi connectivity index (χ1v) is 5.80. The minimum absolute atomic E-state index is 0.829. The lowest BCUT2D eigenvalue weighted by Gasteiger charge is -2.35. The lowest BCUT2D eigenvalue weighted by atomic mass is 10.2. The van der Waals surface area contributed by atoms with Crippen LogP contribution < -0.4 is 9.64 Å². The highest BCUT2D eigenvalue weighted by Gasteiger charge is 2.16. The van der Waals surface area contributed by atoms with Crippen LogP contribution in [0, 0.1) is 0 Å². The van der Waals surface area contributed by atoms with Crippen LogP contribution in [0.1, 0.15) is 6.92 Å². The van der Waals surface area contributed by atoms with Crippen molar-refractivity contribution in [3.8, 4) is 5.75 Å². The van der Waals surface area contributed by atoms with E-state index in [4.69, 9.17) is 4.74 Å². The van der Waals surface area contributed by atoms with E-state index in [0.29, 0.717) is 0 Å². The molecule has 0 unspecified atom stereocenters. The monoisotopic (exact) mass is 221 g/mol. The van der Waals surface area contributed by atoms with Gasteiger partial charge in [0.15, 0.2) is 0 Å². The molecule has 16 heavy (non-hydrogen) atoms. The average molecular weight is 221 g/mol. The molecule has 0 saturated carbocycles. The summed E-state index contributed by atoms with van der Waals surface area (Å²) in [5.41, 5.74) is 1.16. The van der Waals surface area contributed by atoms with E-state index in [-0.39, 0.29) is 0 Å². The van der Waals surface area contributed by atoms with Crippen LogP contribution in [0.3, 0.4) is 0 Å². The van der Waals surface area contributed by atoms with E-state index < -0.39 is 0 Å². The maximum atomic E-state index is 5.19. The molecule has 0 amide bonds. The third kappa shape index (κ3) is 2.44. The van der Waals surface area contributed by atoms with Crippen LogP contribution in [-0.2, 0) is 0 Å². The lowest BCUT2D eigenvalue weighted by Crippen LogP contribution is -2.46. The molecule has 0 aliphatic carbocycles. The second-order valence-electron chi connectivity index (χ2n) is 4.00. The lowest BCUT2D eigenvalue weighted by molar-refractivity contribution is 0.271. The van der Waals surface area contributed by atoms with Gasteiger partial charge in [-0.3, -0.25) is 4.98 Å². The first kappa shape index (κ1) is 11.2. The Morgan fingerprint density at radius 3 is 2.62 bits per heavy atom. The predicted octanol–water partition coefficient (Wildman–Crippen LogP) is 1.23. The maximum absolute atomic E-state index is 5.19. The summed E-state index contributed by atoms with van der Waals surface area (Å²) in [7, 11) is 1.68. The summed E-state index contributed by atoms with van der Waals surface area (Å²) < 4.78 is 5.19. The Balaban J connectivity index is 2.02. The number of ether oxygens (including phenoxy) is 1. The van der Waals surface area contributed by atoms with E-state index in [9.17, 15) is 0 Å². The molecular formula is C12H19N3O. The number of nitrogens with zero attached hydrogens (tertiary/aromatic N) is 3. The third-order valence-electron chi connectivity index (χ3n) is 3.12. The molecule has 1 aliphatic heterocycles. The zero-order valence-corrected chi connectivity index (χ0v) is 10.0. The number of anilines is 1. The second kappa shape index (κ2) is 5.16. The van der Waals surface area contributed by atoms with E-state index in [2.05, 4.69) is 27.8 Å². The molecule has 0 spiro atoms. The van der Waals surface area contributed by atoms with Crippen LogP contribution in [-0.4, -0.2) is 49.7 Å². The van der Waals surface area contributed by atoms with Gasteiger partial charge in [-0.25, -0.2) is 0 Å². The minimum atomic E-state index is 0.829. The molecular weight excluding hydrogens is 202 g/mol. The minimum Gasteiger partial charge on any atom is -0.495 e. The molecule has 2 heterocycles. The number of aromatic nitrogens is 1. The Bertz CT molecular complexity index is 335. The summed E-state index contributed by atoms with van der Waals surface area (Å²) in [5, 5.41) is 0. The van der Waals surface area contributed by atoms with Gasteiger partial charge in [-0.1, -0.05) is 6.92 Å². The normalized spacial score (nSPS) is 17.5. The maximum Gasteiger partial charge on any atom is 0.139 e. The molecule has 2 rings (SSSR count). The first-order valence-electron chi connectivity index (χ1n) is 5.80. The Kier molecular flexibility index (Phi) is 3.62. The van der Waals surface area contributed by atoms with Crippen molar-refractivity contribution in [1.82, 2.24) is 9.88 Å². The molecule has 1 aromatic rings. The largest absolute Gasteiger partial charge is 0.495 e. The molecule has 0 N–H and O–H groups in total. The summed E-state index contributed by atoms with van der Waals surface area (Å²) >= 11 is 0. The first-order chi connectivity index (χ1) is 7.83. The molecule has 1 fully saturated rings. The molecule has 1 saturated heterocycles. The number of likely N-dealkylation sites (N-methyl/N-ethyl adjacent to an activating group) is 1. The summed E-state index contributed by atoms with van der Waals surface area (Å²) in [6, 6.07) is 2.05. The van der Waals surface area contributed by atoms with Gasteiger partial charge in [0, 0.05) is 32.2 Å². The fourth-order valence-electron chi connectivity index (χ4n) is 2.01. The number of methoxy groups -OCH3 is 1. The molecule has 0 bridgehead atoms. The van der Waals surface area contributed by atoms with Crippen LogP contribution in [0.5, 0.6) is 5.75 Å². The summed E-state index contributed by atoms with van der Waals surface area (Å²) in [5.74, 6) is 0.829. The van der Waals surface area contributed by atoms with Crippen LogP contribution >= 0.6 is 0 Å². The number of rotatable bonds is 3. The highest BCUT2D eigenvalue weighted by molar-refractivity contribution is 5.48. The topological polar surface area (TPSA) is 28.6 Å². The van der Waals surface area contributed by atoms with E-state index in [1.807, 2.05) is 6.20 Å². The Labute approximate surface area is 96.8 Å². The van der Waals surface area contributed by atoms with E-state index >= 15 is 0 Å². The molecule has 4 heteroatoms. The van der Waals surface area contributed by atoms with Gasteiger partial charge in [0.25, 0.3) is 0 Å². The number of piperazine rings is 1. The number of hydrogen-bond acceptors (Lipinski definition) is 4. The number of hydrogen-bond donors (Lipinski definition) is 0. The van der Waals surface area contributed by atoms with Crippen LogP contribution in [0.15, 0.2) is 18.5 Å². The fraction of sp³-hybridized carbons (Fsp3) is 0.583. The van der Waals surface area contributed by atoms with Crippen molar-refractivity contribution in [3.05, 3.63) is 18.5 Å². The van der Waals surface area contributed by atoms with Gasteiger partial charge in [-0.05, 0) is 6.54 Å². The third-order valence-corrected chi connectivity index (χ3v) is 3.12. The zero-order valence-electron chi connectivity index (χ0n) is 10.0. The van der Waals surface area contributed by atoms with Crippen molar-refractivity contribution < 1.29 is 4.74 Å². The van der Waals surface area contributed by atoms with E-state index in [0.717, 1.165) is 44.2 Å². The standard InChI is InChI=1S/C12H19N3O/c1-3-14-4-6-15(7-5-14)11-8-12(16-2)10-13-9-11/h8-10H,3-7H2,1-2H3. The summed E-state index contributed by atoms with van der Waals surface area (Å²) in [6.07, 6.45) is 3.65. The zero-order chi connectivity index (χ0) is 11.4. The molecule has 0 aromatic carbocycles. The smallest absolute Gasteiger partial charge is 0.139 e. The van der Waals surface area contributed by atoms with Gasteiger partial charge >= 0.3 is 0 Å². The van der Waals surface area contributed by atoms with Gasteiger partial charge in [-0.2, -0.15) is 0 Å². The van der Waals surface area contributed by atoms with Gasteiger partial charge in [-0.15, -0.1) is 0 Å².